The maximum atomic E-state index is 11.5. The topological polar surface area (TPSA) is 26.3 Å². The van der Waals surface area contributed by atoms with E-state index in [2.05, 4.69) is 0 Å². The number of ether oxygens (including phenoxy) is 1. The Morgan fingerprint density at radius 2 is 1.73 bits per heavy atom. The number of hydrogen-bond donors (Lipinski definition) is 0. The quantitative estimate of drug-likeness (QED) is 0.706. The third kappa shape index (κ3) is 2.58. The first-order chi connectivity index (χ1) is 7.10. The Balaban J connectivity index is 3.13. The summed E-state index contributed by atoms with van der Waals surface area (Å²) in [5, 5.41) is 0. The zero-order chi connectivity index (χ0) is 11.4. The van der Waals surface area contributed by atoms with Gasteiger partial charge in [0.05, 0.1) is 6.61 Å². The Morgan fingerprint density at radius 3 is 2.13 bits per heavy atom. The second kappa shape index (κ2) is 4.96. The number of carbonyl (C=O) groups excluding carboxylic acids is 1. The molecular formula is C13H18O2. The van der Waals surface area contributed by atoms with E-state index in [4.69, 9.17) is 4.74 Å². The van der Waals surface area contributed by atoms with Crippen LogP contribution in [0.1, 0.15) is 41.8 Å². The third-order valence-corrected chi connectivity index (χ3v) is 2.39. The van der Waals surface area contributed by atoms with Crippen molar-refractivity contribution < 1.29 is 9.53 Å². The van der Waals surface area contributed by atoms with Crippen LogP contribution in [0.3, 0.4) is 0 Å². The van der Waals surface area contributed by atoms with Gasteiger partial charge in [0.25, 0.3) is 0 Å². The van der Waals surface area contributed by atoms with E-state index in [0.29, 0.717) is 13.0 Å². The van der Waals surface area contributed by atoms with Gasteiger partial charge in [0, 0.05) is 12.0 Å². The monoisotopic (exact) mass is 206 g/mol. The summed E-state index contributed by atoms with van der Waals surface area (Å²) in [5.74, 6) is 1.09. The van der Waals surface area contributed by atoms with Gasteiger partial charge in [-0.3, -0.25) is 4.79 Å². The van der Waals surface area contributed by atoms with Crippen molar-refractivity contribution in [1.29, 1.82) is 0 Å². The van der Waals surface area contributed by atoms with Gasteiger partial charge in [0.2, 0.25) is 0 Å². The lowest BCUT2D eigenvalue weighted by molar-refractivity contribution is 0.0988. The maximum absolute atomic E-state index is 11.5. The van der Waals surface area contributed by atoms with Crippen LogP contribution < -0.4 is 4.74 Å². The van der Waals surface area contributed by atoms with Crippen LogP contribution in [0.2, 0.25) is 0 Å². The zero-order valence-corrected chi connectivity index (χ0v) is 9.89. The Bertz CT molecular complexity index is 344. The zero-order valence-electron chi connectivity index (χ0n) is 9.89. The van der Waals surface area contributed by atoms with E-state index in [1.807, 2.05) is 39.8 Å². The number of rotatable bonds is 4. The van der Waals surface area contributed by atoms with Gasteiger partial charge >= 0.3 is 0 Å². The number of benzene rings is 1. The highest BCUT2D eigenvalue weighted by atomic mass is 16.5. The minimum Gasteiger partial charge on any atom is -0.493 e. The van der Waals surface area contributed by atoms with E-state index in [-0.39, 0.29) is 5.78 Å². The summed E-state index contributed by atoms with van der Waals surface area (Å²) in [7, 11) is 0. The molecule has 0 aromatic heterocycles. The van der Waals surface area contributed by atoms with Crippen LogP contribution in [0.5, 0.6) is 5.75 Å². The molecule has 0 saturated carbocycles. The molecule has 0 radical (unpaired) electrons. The fourth-order valence-electron chi connectivity index (χ4n) is 1.69. The molecule has 0 saturated heterocycles. The molecule has 82 valence electrons. The summed E-state index contributed by atoms with van der Waals surface area (Å²) < 4.78 is 5.52. The molecule has 0 amide bonds. The fourth-order valence-corrected chi connectivity index (χ4v) is 1.69. The smallest absolute Gasteiger partial charge is 0.162 e. The van der Waals surface area contributed by atoms with Crippen molar-refractivity contribution in [3.05, 3.63) is 28.8 Å². The second-order valence-electron chi connectivity index (χ2n) is 3.65. The van der Waals surface area contributed by atoms with Gasteiger partial charge in [-0.2, -0.15) is 0 Å². The molecule has 0 unspecified atom stereocenters. The molecule has 1 aromatic rings. The summed E-state index contributed by atoms with van der Waals surface area (Å²) >= 11 is 0. The molecule has 2 nitrogen and oxygen atoms in total. The molecule has 0 aliphatic rings. The maximum Gasteiger partial charge on any atom is 0.162 e. The standard InChI is InChI=1S/C13H18O2/c1-5-12(14)11-7-9(3)13(15-6-2)10(4)8-11/h7-8H,5-6H2,1-4H3. The van der Waals surface area contributed by atoms with Crippen LogP contribution in [-0.4, -0.2) is 12.4 Å². The molecule has 15 heavy (non-hydrogen) atoms. The Labute approximate surface area is 91.3 Å². The summed E-state index contributed by atoms with van der Waals surface area (Å²) in [6.45, 7) is 8.45. The van der Waals surface area contributed by atoms with Gasteiger partial charge in [0.1, 0.15) is 5.75 Å². The lowest BCUT2D eigenvalue weighted by Crippen LogP contribution is -2.02. The van der Waals surface area contributed by atoms with E-state index >= 15 is 0 Å². The summed E-state index contributed by atoms with van der Waals surface area (Å²) in [5.41, 5.74) is 2.86. The highest BCUT2D eigenvalue weighted by Crippen LogP contribution is 2.25. The highest BCUT2D eigenvalue weighted by Gasteiger charge is 2.09. The largest absolute Gasteiger partial charge is 0.493 e. The van der Waals surface area contributed by atoms with Crippen molar-refractivity contribution in [2.75, 3.05) is 6.61 Å². The van der Waals surface area contributed by atoms with Crippen molar-refractivity contribution >= 4 is 5.78 Å². The van der Waals surface area contributed by atoms with E-state index in [0.717, 1.165) is 22.4 Å². The minimum atomic E-state index is 0.184. The number of ketones is 1. The molecule has 2 heteroatoms. The molecule has 0 aliphatic carbocycles. The Kier molecular flexibility index (Phi) is 3.89. The first-order valence-electron chi connectivity index (χ1n) is 5.37. The number of Topliss-reactive ketones (excluding diaryl/α,β-unsaturated/α-hetero) is 1. The van der Waals surface area contributed by atoms with Crippen molar-refractivity contribution in [3.63, 3.8) is 0 Å². The normalized spacial score (nSPS) is 10.1. The van der Waals surface area contributed by atoms with Crippen LogP contribution in [0.15, 0.2) is 12.1 Å². The number of aryl methyl sites for hydroxylation is 2. The van der Waals surface area contributed by atoms with Crippen LogP contribution in [0, 0.1) is 13.8 Å². The van der Waals surface area contributed by atoms with Crippen molar-refractivity contribution in [2.24, 2.45) is 0 Å². The predicted octanol–water partition coefficient (Wildman–Crippen LogP) is 3.29. The molecule has 0 atom stereocenters. The van der Waals surface area contributed by atoms with E-state index in [1.165, 1.54) is 0 Å². The molecule has 0 bridgehead atoms. The first kappa shape index (κ1) is 11.8. The van der Waals surface area contributed by atoms with Gasteiger partial charge in [-0.05, 0) is 44.0 Å². The van der Waals surface area contributed by atoms with Crippen molar-refractivity contribution in [3.8, 4) is 5.75 Å². The Hall–Kier alpha value is -1.31. The van der Waals surface area contributed by atoms with Crippen LogP contribution in [0.25, 0.3) is 0 Å². The lowest BCUT2D eigenvalue weighted by atomic mass is 10.0. The molecule has 1 rings (SSSR count). The first-order valence-corrected chi connectivity index (χ1v) is 5.37. The van der Waals surface area contributed by atoms with Crippen LogP contribution in [-0.2, 0) is 0 Å². The minimum absolute atomic E-state index is 0.184. The molecule has 0 aliphatic heterocycles. The summed E-state index contributed by atoms with van der Waals surface area (Å²) in [4.78, 5) is 11.5. The average molecular weight is 206 g/mol. The van der Waals surface area contributed by atoms with Crippen LogP contribution in [0.4, 0.5) is 0 Å². The average Bonchev–Trinajstić information content (AvgIpc) is 2.22. The van der Waals surface area contributed by atoms with Crippen molar-refractivity contribution in [1.82, 2.24) is 0 Å². The molecule has 1 aromatic carbocycles. The second-order valence-corrected chi connectivity index (χ2v) is 3.65. The molecule has 0 N–H and O–H groups in total. The van der Waals surface area contributed by atoms with Gasteiger partial charge < -0.3 is 4.74 Å². The van der Waals surface area contributed by atoms with Gasteiger partial charge in [-0.25, -0.2) is 0 Å². The Morgan fingerprint density at radius 1 is 1.20 bits per heavy atom. The van der Waals surface area contributed by atoms with E-state index < -0.39 is 0 Å². The number of carbonyl (C=O) groups is 1. The molecule has 0 heterocycles. The summed E-state index contributed by atoms with van der Waals surface area (Å²) in [6, 6.07) is 3.81. The van der Waals surface area contributed by atoms with E-state index in [1.54, 1.807) is 0 Å². The molecule has 0 fully saturated rings. The molecular weight excluding hydrogens is 188 g/mol. The lowest BCUT2D eigenvalue weighted by Gasteiger charge is -2.12. The SMILES string of the molecule is CCOc1c(C)cc(C(=O)CC)cc1C. The molecule has 0 spiro atoms. The highest BCUT2D eigenvalue weighted by molar-refractivity contribution is 5.96. The fraction of sp³-hybridized carbons (Fsp3) is 0.462. The van der Waals surface area contributed by atoms with Gasteiger partial charge in [-0.15, -0.1) is 0 Å². The predicted molar refractivity (Wildman–Crippen MR) is 61.7 cm³/mol. The summed E-state index contributed by atoms with van der Waals surface area (Å²) in [6.07, 6.45) is 0.548. The van der Waals surface area contributed by atoms with Crippen LogP contribution >= 0.6 is 0 Å². The number of hydrogen-bond acceptors (Lipinski definition) is 2. The van der Waals surface area contributed by atoms with Gasteiger partial charge in [0.15, 0.2) is 5.78 Å². The third-order valence-electron chi connectivity index (χ3n) is 2.39. The van der Waals surface area contributed by atoms with Gasteiger partial charge in [-0.1, -0.05) is 6.92 Å². The van der Waals surface area contributed by atoms with E-state index in [9.17, 15) is 4.79 Å². The van der Waals surface area contributed by atoms with Crippen molar-refractivity contribution in [2.45, 2.75) is 34.1 Å².